The molecule has 0 heterocycles. The quantitative estimate of drug-likeness (QED) is 0.595. The molecule has 4 heteroatoms. The zero-order valence-electron chi connectivity index (χ0n) is 10.3. The molecule has 0 fully saturated rings. The summed E-state index contributed by atoms with van der Waals surface area (Å²) in [6, 6.07) is 0. The first-order chi connectivity index (χ1) is 7.57. The summed E-state index contributed by atoms with van der Waals surface area (Å²) in [6.07, 6.45) is 5.25. The van der Waals surface area contributed by atoms with Gasteiger partial charge in [0.2, 0.25) is 5.91 Å². The number of carboxylic acid groups (broad SMARTS) is 1. The average Bonchev–Trinajstić information content (AvgIpc) is 2.25. The highest BCUT2D eigenvalue weighted by molar-refractivity contribution is 5.77. The number of hydrogen-bond donors (Lipinski definition) is 2. The Labute approximate surface area is 97.4 Å². The molecule has 0 bridgehead atoms. The third-order valence-electron chi connectivity index (χ3n) is 2.58. The predicted octanol–water partition coefficient (Wildman–Crippen LogP) is 2.18. The summed E-state index contributed by atoms with van der Waals surface area (Å²) < 4.78 is 0. The van der Waals surface area contributed by atoms with Crippen molar-refractivity contribution < 1.29 is 14.7 Å². The second-order valence-electron chi connectivity index (χ2n) is 4.19. The molecule has 0 aliphatic carbocycles. The number of nitrogens with one attached hydrogen (secondary N) is 1. The lowest BCUT2D eigenvalue weighted by atomic mass is 10.1. The van der Waals surface area contributed by atoms with Crippen molar-refractivity contribution in [1.82, 2.24) is 5.32 Å². The lowest BCUT2D eigenvalue weighted by Crippen LogP contribution is -2.25. The Bertz CT molecular complexity index is 216. The number of amides is 1. The maximum absolute atomic E-state index is 11.3. The van der Waals surface area contributed by atoms with Gasteiger partial charge in [0.05, 0.1) is 5.92 Å². The topological polar surface area (TPSA) is 66.4 Å². The van der Waals surface area contributed by atoms with Gasteiger partial charge in [0, 0.05) is 13.0 Å². The minimum atomic E-state index is -0.837. The first-order valence-corrected chi connectivity index (χ1v) is 6.07. The van der Waals surface area contributed by atoms with Gasteiger partial charge in [-0.2, -0.15) is 0 Å². The largest absolute Gasteiger partial charge is 0.481 e. The fourth-order valence-electron chi connectivity index (χ4n) is 1.34. The molecule has 0 saturated heterocycles. The molecule has 0 spiro atoms. The van der Waals surface area contributed by atoms with Crippen molar-refractivity contribution in [2.75, 3.05) is 6.54 Å². The van der Waals surface area contributed by atoms with E-state index in [1.54, 1.807) is 6.92 Å². The van der Waals surface area contributed by atoms with E-state index in [9.17, 15) is 9.59 Å². The molecule has 0 rings (SSSR count). The molecule has 1 amide bonds. The zero-order valence-corrected chi connectivity index (χ0v) is 10.3. The molecular formula is C12H23NO3. The highest BCUT2D eigenvalue weighted by Gasteiger charge is 2.12. The van der Waals surface area contributed by atoms with Gasteiger partial charge in [-0.05, 0) is 12.8 Å². The summed E-state index contributed by atoms with van der Waals surface area (Å²) >= 11 is 0. The van der Waals surface area contributed by atoms with Gasteiger partial charge in [-0.1, -0.05) is 33.1 Å². The maximum Gasteiger partial charge on any atom is 0.306 e. The molecule has 0 aromatic carbocycles. The number of carbonyl (C=O) groups is 2. The maximum atomic E-state index is 11.3. The summed E-state index contributed by atoms with van der Waals surface area (Å²) in [5.41, 5.74) is 0. The van der Waals surface area contributed by atoms with Gasteiger partial charge in [0.1, 0.15) is 0 Å². The van der Waals surface area contributed by atoms with Crippen LogP contribution in [0.4, 0.5) is 0 Å². The Morgan fingerprint density at radius 2 is 1.94 bits per heavy atom. The third-order valence-corrected chi connectivity index (χ3v) is 2.58. The second-order valence-corrected chi connectivity index (χ2v) is 4.19. The van der Waals surface area contributed by atoms with E-state index in [0.29, 0.717) is 19.4 Å². The minimum Gasteiger partial charge on any atom is -0.481 e. The van der Waals surface area contributed by atoms with Crippen LogP contribution in [-0.4, -0.2) is 23.5 Å². The number of unbranched alkanes of at least 4 members (excludes halogenated alkanes) is 3. The number of carboxylic acids is 1. The van der Waals surface area contributed by atoms with E-state index in [4.69, 9.17) is 5.11 Å². The van der Waals surface area contributed by atoms with Crippen molar-refractivity contribution in [2.45, 2.75) is 52.4 Å². The summed E-state index contributed by atoms with van der Waals surface area (Å²) in [5, 5.41) is 11.4. The minimum absolute atomic E-state index is 0.0374. The van der Waals surface area contributed by atoms with Gasteiger partial charge in [-0.3, -0.25) is 9.59 Å². The van der Waals surface area contributed by atoms with Crippen LogP contribution in [-0.2, 0) is 9.59 Å². The van der Waals surface area contributed by atoms with E-state index in [2.05, 4.69) is 12.2 Å². The smallest absolute Gasteiger partial charge is 0.306 e. The molecule has 16 heavy (non-hydrogen) atoms. The van der Waals surface area contributed by atoms with Gasteiger partial charge in [0.25, 0.3) is 0 Å². The van der Waals surface area contributed by atoms with Gasteiger partial charge in [-0.25, -0.2) is 0 Å². The summed E-state index contributed by atoms with van der Waals surface area (Å²) in [7, 11) is 0. The van der Waals surface area contributed by atoms with Crippen molar-refractivity contribution in [3.8, 4) is 0 Å². The molecule has 4 nitrogen and oxygen atoms in total. The van der Waals surface area contributed by atoms with Crippen LogP contribution < -0.4 is 5.32 Å². The molecule has 0 radical (unpaired) electrons. The molecule has 1 atom stereocenters. The van der Waals surface area contributed by atoms with E-state index >= 15 is 0 Å². The van der Waals surface area contributed by atoms with Crippen LogP contribution in [0.5, 0.6) is 0 Å². The van der Waals surface area contributed by atoms with Crippen molar-refractivity contribution in [3.05, 3.63) is 0 Å². The first-order valence-electron chi connectivity index (χ1n) is 6.07. The Morgan fingerprint density at radius 1 is 1.25 bits per heavy atom. The van der Waals surface area contributed by atoms with Gasteiger partial charge in [0.15, 0.2) is 0 Å². The van der Waals surface area contributed by atoms with E-state index in [1.807, 2.05) is 0 Å². The number of aliphatic carboxylic acids is 1. The van der Waals surface area contributed by atoms with Crippen molar-refractivity contribution in [2.24, 2.45) is 5.92 Å². The molecule has 0 aromatic rings. The van der Waals surface area contributed by atoms with E-state index in [0.717, 1.165) is 12.8 Å². The van der Waals surface area contributed by atoms with Crippen LogP contribution in [0.3, 0.4) is 0 Å². The monoisotopic (exact) mass is 229 g/mol. The molecule has 0 saturated carbocycles. The van der Waals surface area contributed by atoms with E-state index in [-0.39, 0.29) is 5.91 Å². The second kappa shape index (κ2) is 9.19. The van der Waals surface area contributed by atoms with Crippen molar-refractivity contribution in [1.29, 1.82) is 0 Å². The van der Waals surface area contributed by atoms with Gasteiger partial charge < -0.3 is 10.4 Å². The standard InChI is InChI=1S/C12H23NO3/c1-3-4-5-6-9-13-11(14)8-7-10(2)12(15)16/h10H,3-9H2,1-2H3,(H,13,14)(H,15,16)/t10-/m0/s1. The Balaban J connectivity index is 3.41. The van der Waals surface area contributed by atoms with E-state index in [1.165, 1.54) is 12.8 Å². The lowest BCUT2D eigenvalue weighted by Gasteiger charge is -2.07. The average molecular weight is 229 g/mol. The highest BCUT2D eigenvalue weighted by Crippen LogP contribution is 2.05. The van der Waals surface area contributed by atoms with Gasteiger partial charge in [-0.15, -0.1) is 0 Å². The Kier molecular flexibility index (Phi) is 8.58. The molecule has 0 aliphatic heterocycles. The number of hydrogen-bond acceptors (Lipinski definition) is 2. The summed E-state index contributed by atoms with van der Waals surface area (Å²) in [4.78, 5) is 21.8. The van der Waals surface area contributed by atoms with Crippen LogP contribution in [0.1, 0.15) is 52.4 Å². The summed E-state index contributed by atoms with van der Waals surface area (Å²) in [6.45, 7) is 4.48. The Morgan fingerprint density at radius 3 is 2.50 bits per heavy atom. The first kappa shape index (κ1) is 14.9. The van der Waals surface area contributed by atoms with Crippen LogP contribution >= 0.6 is 0 Å². The third kappa shape index (κ3) is 8.26. The molecule has 94 valence electrons. The van der Waals surface area contributed by atoms with Crippen LogP contribution in [0, 0.1) is 5.92 Å². The van der Waals surface area contributed by atoms with Crippen LogP contribution in [0.25, 0.3) is 0 Å². The Hall–Kier alpha value is -1.06. The van der Waals surface area contributed by atoms with E-state index < -0.39 is 11.9 Å². The lowest BCUT2D eigenvalue weighted by molar-refractivity contribution is -0.141. The SMILES string of the molecule is CCCCCCNC(=O)CC[C@H](C)C(=O)O. The molecule has 0 unspecified atom stereocenters. The van der Waals surface area contributed by atoms with Crippen molar-refractivity contribution >= 4 is 11.9 Å². The van der Waals surface area contributed by atoms with Crippen molar-refractivity contribution in [3.63, 3.8) is 0 Å². The molecular weight excluding hydrogens is 206 g/mol. The van der Waals surface area contributed by atoms with Crippen LogP contribution in [0.2, 0.25) is 0 Å². The molecule has 0 aliphatic rings. The van der Waals surface area contributed by atoms with Gasteiger partial charge >= 0.3 is 5.97 Å². The van der Waals surface area contributed by atoms with Crippen LogP contribution in [0.15, 0.2) is 0 Å². The molecule has 0 aromatic heterocycles. The normalized spacial score (nSPS) is 12.1. The fourth-order valence-corrected chi connectivity index (χ4v) is 1.34. The fraction of sp³-hybridized carbons (Fsp3) is 0.833. The number of rotatable bonds is 9. The summed E-state index contributed by atoms with van der Waals surface area (Å²) in [5.74, 6) is -1.31. The predicted molar refractivity (Wildman–Crippen MR) is 63.2 cm³/mol. The molecule has 2 N–H and O–H groups in total. The highest BCUT2D eigenvalue weighted by atomic mass is 16.4. The zero-order chi connectivity index (χ0) is 12.4. The number of carbonyl (C=O) groups excluding carboxylic acids is 1.